The molecule has 0 heterocycles. The minimum absolute atomic E-state index is 0.349. The van der Waals surface area contributed by atoms with Crippen LogP contribution in [0.5, 0.6) is 0 Å². The predicted molar refractivity (Wildman–Crippen MR) is 43.0 cm³/mol. The summed E-state index contributed by atoms with van der Waals surface area (Å²) in [6.07, 6.45) is 3.18. The fourth-order valence-corrected chi connectivity index (χ4v) is 2.95. The van der Waals surface area contributed by atoms with E-state index in [0.717, 1.165) is 12.8 Å². The topological polar surface area (TPSA) is 26.0 Å². The lowest BCUT2D eigenvalue weighted by atomic mass is 9.83. The summed E-state index contributed by atoms with van der Waals surface area (Å²) in [5.74, 6) is -2.86. The molecule has 12 heavy (non-hydrogen) atoms. The molecule has 3 heteroatoms. The lowest BCUT2D eigenvalue weighted by Crippen LogP contribution is -2.34. The third kappa shape index (κ3) is 0.709. The highest BCUT2D eigenvalue weighted by atomic mass is 19.3. The van der Waals surface area contributed by atoms with Crippen molar-refractivity contribution in [3.63, 3.8) is 0 Å². The Hall–Kier alpha value is -0.180. The zero-order valence-corrected chi connectivity index (χ0v) is 7.32. The van der Waals surface area contributed by atoms with E-state index >= 15 is 0 Å². The summed E-state index contributed by atoms with van der Waals surface area (Å²) in [7, 11) is 0. The first kappa shape index (κ1) is 8.42. The third-order valence-electron chi connectivity index (χ3n) is 3.74. The zero-order valence-electron chi connectivity index (χ0n) is 7.32. The Kier molecular flexibility index (Phi) is 1.54. The summed E-state index contributed by atoms with van der Waals surface area (Å²) in [5.41, 5.74) is 4.82. The van der Waals surface area contributed by atoms with Crippen molar-refractivity contribution in [1.29, 1.82) is 0 Å². The van der Waals surface area contributed by atoms with Gasteiger partial charge >= 0.3 is 0 Å². The molecule has 0 aliphatic heterocycles. The van der Waals surface area contributed by atoms with Crippen molar-refractivity contribution < 1.29 is 8.78 Å². The van der Waals surface area contributed by atoms with Crippen LogP contribution in [0.25, 0.3) is 0 Å². The van der Waals surface area contributed by atoms with Crippen molar-refractivity contribution in [1.82, 2.24) is 0 Å². The molecule has 0 radical (unpaired) electrons. The lowest BCUT2D eigenvalue weighted by molar-refractivity contribution is 0.0493. The molecule has 2 rings (SSSR count). The Morgan fingerprint density at radius 2 is 2.08 bits per heavy atom. The SMILES string of the molecule is C[C@@H](N)C12CCCCC1C2(F)F. The monoisotopic (exact) mass is 175 g/mol. The maximum absolute atomic E-state index is 13.3. The summed E-state index contributed by atoms with van der Waals surface area (Å²) in [4.78, 5) is 0. The van der Waals surface area contributed by atoms with E-state index in [2.05, 4.69) is 0 Å². The van der Waals surface area contributed by atoms with Crippen LogP contribution in [0.15, 0.2) is 0 Å². The molecule has 0 aromatic heterocycles. The van der Waals surface area contributed by atoms with Crippen molar-refractivity contribution >= 4 is 0 Å². The predicted octanol–water partition coefficient (Wildman–Crippen LogP) is 2.16. The van der Waals surface area contributed by atoms with Crippen LogP contribution in [-0.2, 0) is 0 Å². The van der Waals surface area contributed by atoms with Gasteiger partial charge in [-0.05, 0) is 19.8 Å². The molecule has 2 fully saturated rings. The summed E-state index contributed by atoms with van der Waals surface area (Å²) in [6.45, 7) is 1.72. The molecule has 0 bridgehead atoms. The molecule has 0 saturated heterocycles. The van der Waals surface area contributed by atoms with Crippen LogP contribution in [0.1, 0.15) is 32.6 Å². The number of fused-ring (bicyclic) bond motifs is 1. The van der Waals surface area contributed by atoms with Gasteiger partial charge in [0.2, 0.25) is 0 Å². The van der Waals surface area contributed by atoms with Crippen LogP contribution in [-0.4, -0.2) is 12.0 Å². The quantitative estimate of drug-likeness (QED) is 0.649. The van der Waals surface area contributed by atoms with Gasteiger partial charge in [-0.25, -0.2) is 8.78 Å². The summed E-state index contributed by atoms with van der Waals surface area (Å²) < 4.78 is 26.7. The van der Waals surface area contributed by atoms with Crippen LogP contribution < -0.4 is 5.73 Å². The van der Waals surface area contributed by atoms with E-state index < -0.39 is 17.3 Å². The molecule has 2 unspecified atom stereocenters. The molecular weight excluding hydrogens is 160 g/mol. The number of halogens is 2. The van der Waals surface area contributed by atoms with Gasteiger partial charge in [0.25, 0.3) is 5.92 Å². The normalized spacial score (nSPS) is 46.5. The maximum Gasteiger partial charge on any atom is 0.259 e. The Balaban J connectivity index is 2.24. The van der Waals surface area contributed by atoms with Gasteiger partial charge in [-0.3, -0.25) is 0 Å². The maximum atomic E-state index is 13.3. The van der Waals surface area contributed by atoms with Crippen LogP contribution in [0, 0.1) is 11.3 Å². The number of hydrogen-bond donors (Lipinski definition) is 1. The molecule has 0 aromatic carbocycles. The molecule has 2 N–H and O–H groups in total. The fourth-order valence-electron chi connectivity index (χ4n) is 2.95. The molecule has 2 saturated carbocycles. The van der Waals surface area contributed by atoms with E-state index in [1.165, 1.54) is 0 Å². The van der Waals surface area contributed by atoms with Crippen LogP contribution in [0.3, 0.4) is 0 Å². The van der Waals surface area contributed by atoms with Gasteiger partial charge in [-0.1, -0.05) is 12.8 Å². The molecule has 0 aromatic rings. The first-order valence-corrected chi connectivity index (χ1v) is 4.67. The van der Waals surface area contributed by atoms with Crippen LogP contribution in [0.4, 0.5) is 8.78 Å². The van der Waals surface area contributed by atoms with E-state index in [9.17, 15) is 8.78 Å². The van der Waals surface area contributed by atoms with Crippen molar-refractivity contribution in [2.45, 2.75) is 44.6 Å². The van der Waals surface area contributed by atoms with Gasteiger partial charge in [0, 0.05) is 12.0 Å². The van der Waals surface area contributed by atoms with E-state index in [1.54, 1.807) is 6.92 Å². The first-order chi connectivity index (χ1) is 5.53. The van der Waals surface area contributed by atoms with Gasteiger partial charge in [0.1, 0.15) is 0 Å². The zero-order chi connectivity index (χ0) is 8.98. The van der Waals surface area contributed by atoms with Gasteiger partial charge in [0.05, 0.1) is 5.41 Å². The Labute approximate surface area is 71.3 Å². The second-order valence-electron chi connectivity index (χ2n) is 4.25. The van der Waals surface area contributed by atoms with Gasteiger partial charge in [-0.2, -0.15) is 0 Å². The molecule has 2 aliphatic rings. The fraction of sp³-hybridized carbons (Fsp3) is 1.00. The Morgan fingerprint density at radius 1 is 1.42 bits per heavy atom. The second kappa shape index (κ2) is 2.19. The molecule has 2 aliphatic carbocycles. The Bertz CT molecular complexity index is 203. The summed E-state index contributed by atoms with van der Waals surface area (Å²) in [5, 5.41) is 0. The number of nitrogens with two attached hydrogens (primary N) is 1. The molecule has 1 nitrogen and oxygen atoms in total. The minimum Gasteiger partial charge on any atom is -0.327 e. The smallest absolute Gasteiger partial charge is 0.259 e. The van der Waals surface area contributed by atoms with Crippen molar-refractivity contribution in [3.8, 4) is 0 Å². The number of hydrogen-bond acceptors (Lipinski definition) is 1. The summed E-state index contributed by atoms with van der Waals surface area (Å²) >= 11 is 0. The van der Waals surface area contributed by atoms with Crippen molar-refractivity contribution in [2.75, 3.05) is 0 Å². The Morgan fingerprint density at radius 3 is 2.50 bits per heavy atom. The van der Waals surface area contributed by atoms with E-state index in [-0.39, 0.29) is 6.04 Å². The number of rotatable bonds is 1. The second-order valence-corrected chi connectivity index (χ2v) is 4.25. The first-order valence-electron chi connectivity index (χ1n) is 4.67. The third-order valence-corrected chi connectivity index (χ3v) is 3.74. The lowest BCUT2D eigenvalue weighted by Gasteiger charge is -2.23. The molecular formula is C9H15F2N. The molecule has 0 spiro atoms. The van der Waals surface area contributed by atoms with E-state index in [4.69, 9.17) is 5.73 Å². The van der Waals surface area contributed by atoms with Crippen molar-refractivity contribution in [2.24, 2.45) is 17.1 Å². The van der Waals surface area contributed by atoms with Crippen molar-refractivity contribution in [3.05, 3.63) is 0 Å². The highest BCUT2D eigenvalue weighted by Gasteiger charge is 2.81. The van der Waals surface area contributed by atoms with E-state index in [1.807, 2.05) is 0 Å². The largest absolute Gasteiger partial charge is 0.327 e. The van der Waals surface area contributed by atoms with E-state index in [0.29, 0.717) is 12.8 Å². The van der Waals surface area contributed by atoms with Crippen LogP contribution >= 0.6 is 0 Å². The highest BCUT2D eigenvalue weighted by Crippen LogP contribution is 2.73. The van der Waals surface area contributed by atoms with Gasteiger partial charge < -0.3 is 5.73 Å². The molecule has 70 valence electrons. The highest BCUT2D eigenvalue weighted by molar-refractivity contribution is 5.22. The summed E-state index contributed by atoms with van der Waals surface area (Å²) in [6, 6.07) is -0.349. The molecule has 0 amide bonds. The minimum atomic E-state index is -2.46. The van der Waals surface area contributed by atoms with Crippen LogP contribution in [0.2, 0.25) is 0 Å². The average molecular weight is 175 g/mol. The molecule has 3 atom stereocenters. The number of alkyl halides is 2. The van der Waals surface area contributed by atoms with Gasteiger partial charge in [-0.15, -0.1) is 0 Å². The standard InChI is InChI=1S/C9H15F2N/c1-6(12)8-5-3-2-4-7(8)9(8,10)11/h6-7H,2-5,12H2,1H3/t6-,7?,8?/m1/s1. The van der Waals surface area contributed by atoms with Gasteiger partial charge in [0.15, 0.2) is 0 Å². The average Bonchev–Trinajstić information content (AvgIpc) is 2.52.